The van der Waals surface area contributed by atoms with E-state index in [1.807, 2.05) is 132 Å². The third-order valence-electron chi connectivity index (χ3n) is 14.7. The highest BCUT2D eigenvalue weighted by atomic mass is 16.5. The van der Waals surface area contributed by atoms with Crippen LogP contribution in [0.25, 0.3) is 0 Å². The molecule has 0 aliphatic heterocycles. The summed E-state index contributed by atoms with van der Waals surface area (Å²) in [5.74, 6) is 3.76. The number of amides is 6. The van der Waals surface area contributed by atoms with Crippen molar-refractivity contribution in [3.05, 3.63) is 12.2 Å². The lowest BCUT2D eigenvalue weighted by Crippen LogP contribution is -2.41. The fraction of sp³-hybridized carbons (Fsp3) is 0.887. The molecule has 0 aromatic rings. The van der Waals surface area contributed by atoms with Gasteiger partial charge in [-0.3, -0.25) is 28.8 Å². The van der Waals surface area contributed by atoms with Crippen LogP contribution in [0.1, 0.15) is 262 Å². The van der Waals surface area contributed by atoms with Crippen LogP contribution in [0, 0.1) is 35.0 Å². The molecule has 0 radical (unpaired) electrons. The Morgan fingerprint density at radius 2 is 0.629 bits per heavy atom. The maximum Gasteiger partial charge on any atom is 0.249 e. The summed E-state index contributed by atoms with van der Waals surface area (Å²) in [6, 6.07) is 1.10. The fourth-order valence-corrected chi connectivity index (χ4v) is 10.0. The average molecular weight is 1270 g/mol. The van der Waals surface area contributed by atoms with Gasteiger partial charge in [-0.15, -0.1) is 6.58 Å². The molecule has 18 heteroatoms. The van der Waals surface area contributed by atoms with Crippen molar-refractivity contribution in [1.82, 2.24) is 31.9 Å². The highest BCUT2D eigenvalue weighted by Gasteiger charge is 2.37. The minimum atomic E-state index is -0.389. The standard InChI is InChI=1S/C13H25NO2.2C12H23NO2.C12H25NO2.2C11H21NO2/c1-4-16-12(13(15)14-10(2)3)9-11-7-5-6-8-11;1-5-15-11(7-10-6-9(10)4)12(14)13-8(2)3;1-4-15-11(8-10-6-5-7-10)12(14)13-9(2)3;1-7-15-10(8-12(4,5)6)11(14)13-9(2)3;1-4-14-10(7-9-5-6-9)11(13)12-8(2)3;1-6-14-10(7-8(2)3)11(13)12-9(4)5/h10-12H,4-9H2,1-3H3,(H,14,15);8-11H,5-7H2,1-4H3,(H,13,14);9-11H,4-8H2,1-3H3,(H,13,14);9-10H,7-8H2,1-6H3,(H,13,14);8-10H,4-7H2,1-3H3,(H,12,13);9-10H,2,6-7H2,1,3-5H3,(H,12,13). The molecule has 6 N–H and O–H groups in total. The molecule has 0 spiro atoms. The molecule has 0 heterocycles. The average Bonchev–Trinajstić information content (AvgIpc) is 4.50. The van der Waals surface area contributed by atoms with Gasteiger partial charge < -0.3 is 60.3 Å². The molecule has 89 heavy (non-hydrogen) atoms. The van der Waals surface area contributed by atoms with Crippen molar-refractivity contribution in [1.29, 1.82) is 0 Å². The van der Waals surface area contributed by atoms with Gasteiger partial charge in [-0.25, -0.2) is 0 Å². The van der Waals surface area contributed by atoms with Crippen LogP contribution in [0.5, 0.6) is 0 Å². The first-order valence-electron chi connectivity index (χ1n) is 34.8. The summed E-state index contributed by atoms with van der Waals surface area (Å²) in [4.78, 5) is 70.5. The molecule has 8 unspecified atom stereocenters. The summed E-state index contributed by atoms with van der Waals surface area (Å²) in [5.41, 5.74) is 1.07. The summed E-state index contributed by atoms with van der Waals surface area (Å²) in [6.07, 6.45) is 16.0. The Labute approximate surface area is 544 Å². The van der Waals surface area contributed by atoms with Gasteiger partial charge in [0, 0.05) is 82.3 Å². The molecule has 4 fully saturated rings. The largest absolute Gasteiger partial charge is 0.369 e. The van der Waals surface area contributed by atoms with Crippen molar-refractivity contribution >= 4 is 35.4 Å². The lowest BCUT2D eigenvalue weighted by Gasteiger charge is -2.29. The third-order valence-corrected chi connectivity index (χ3v) is 14.7. The first-order valence-corrected chi connectivity index (χ1v) is 34.8. The second-order valence-corrected chi connectivity index (χ2v) is 27.9. The zero-order valence-electron chi connectivity index (χ0n) is 61.0. The second kappa shape index (κ2) is 49.9. The van der Waals surface area contributed by atoms with E-state index in [4.69, 9.17) is 28.4 Å². The molecule has 524 valence electrons. The van der Waals surface area contributed by atoms with Crippen LogP contribution in [-0.2, 0) is 57.2 Å². The van der Waals surface area contributed by atoms with E-state index < -0.39 is 0 Å². The first kappa shape index (κ1) is 87.4. The Bertz CT molecular complexity index is 1860. The van der Waals surface area contributed by atoms with Crippen LogP contribution in [0.2, 0.25) is 0 Å². The summed E-state index contributed by atoms with van der Waals surface area (Å²) in [6.45, 7) is 53.0. The van der Waals surface area contributed by atoms with Crippen molar-refractivity contribution in [2.24, 2.45) is 35.0 Å². The molecule has 0 saturated heterocycles. The van der Waals surface area contributed by atoms with Crippen molar-refractivity contribution in [3.63, 3.8) is 0 Å². The van der Waals surface area contributed by atoms with Gasteiger partial charge in [0.15, 0.2) is 0 Å². The topological polar surface area (TPSA) is 230 Å². The molecule has 0 bridgehead atoms. The second-order valence-electron chi connectivity index (χ2n) is 27.9. The van der Waals surface area contributed by atoms with E-state index in [0.717, 1.165) is 49.5 Å². The van der Waals surface area contributed by atoms with Crippen LogP contribution in [0.15, 0.2) is 12.2 Å². The van der Waals surface area contributed by atoms with E-state index in [-0.39, 0.29) is 114 Å². The van der Waals surface area contributed by atoms with Gasteiger partial charge in [0.25, 0.3) is 0 Å². The molecule has 0 aromatic carbocycles. The van der Waals surface area contributed by atoms with E-state index in [9.17, 15) is 28.8 Å². The Balaban J connectivity index is 0. The fourth-order valence-electron chi connectivity index (χ4n) is 10.0. The molecule has 4 rings (SSSR count). The van der Waals surface area contributed by atoms with E-state index in [1.165, 1.54) is 64.2 Å². The number of nitrogens with one attached hydrogen (secondary N) is 6. The molecular weight excluding hydrogens is 1130 g/mol. The number of hydrogen-bond donors (Lipinski definition) is 6. The van der Waals surface area contributed by atoms with Gasteiger partial charge in [-0.2, -0.15) is 0 Å². The molecule has 4 saturated carbocycles. The minimum Gasteiger partial charge on any atom is -0.369 e. The normalized spacial score (nSPS) is 18.3. The van der Waals surface area contributed by atoms with E-state index in [0.29, 0.717) is 63.8 Å². The number of rotatable bonds is 35. The lowest BCUT2D eigenvalue weighted by atomic mass is 9.81. The molecule has 18 nitrogen and oxygen atoms in total. The van der Waals surface area contributed by atoms with Gasteiger partial charge in [0.1, 0.15) is 36.6 Å². The van der Waals surface area contributed by atoms with Gasteiger partial charge in [0.2, 0.25) is 35.4 Å². The molecule has 0 aromatic heterocycles. The predicted molar refractivity (Wildman–Crippen MR) is 363 cm³/mol. The number of carbonyl (C=O) groups excluding carboxylic acids is 6. The van der Waals surface area contributed by atoms with Crippen molar-refractivity contribution in [2.45, 2.75) is 335 Å². The maximum atomic E-state index is 11.9. The highest BCUT2D eigenvalue weighted by molar-refractivity contribution is 5.83. The molecule has 6 amide bonds. The first-order chi connectivity index (χ1) is 41.7. The van der Waals surface area contributed by atoms with Crippen LogP contribution >= 0.6 is 0 Å². The van der Waals surface area contributed by atoms with Crippen molar-refractivity contribution in [2.75, 3.05) is 39.6 Å². The zero-order chi connectivity index (χ0) is 68.4. The smallest absolute Gasteiger partial charge is 0.249 e. The van der Waals surface area contributed by atoms with Crippen LogP contribution < -0.4 is 31.9 Å². The van der Waals surface area contributed by atoms with Crippen LogP contribution in [0.3, 0.4) is 0 Å². The van der Waals surface area contributed by atoms with E-state index in [2.05, 4.69) is 66.2 Å². The number of carbonyl (C=O) groups is 6. The van der Waals surface area contributed by atoms with Gasteiger partial charge >= 0.3 is 0 Å². The summed E-state index contributed by atoms with van der Waals surface area (Å²) < 4.78 is 32.8. The van der Waals surface area contributed by atoms with Crippen molar-refractivity contribution in [3.8, 4) is 0 Å². The lowest BCUT2D eigenvalue weighted by molar-refractivity contribution is -0.135. The quantitative estimate of drug-likeness (QED) is 0.0326. The third kappa shape index (κ3) is 47.8. The summed E-state index contributed by atoms with van der Waals surface area (Å²) in [7, 11) is 0. The van der Waals surface area contributed by atoms with Crippen LogP contribution in [0.4, 0.5) is 0 Å². The van der Waals surface area contributed by atoms with Gasteiger partial charge in [-0.1, -0.05) is 91.1 Å². The molecule has 4 aliphatic rings. The summed E-state index contributed by atoms with van der Waals surface area (Å²) in [5, 5.41) is 17.4. The zero-order valence-corrected chi connectivity index (χ0v) is 61.0. The minimum absolute atomic E-state index is 0.00164. The SMILES string of the molecule is C=C(C)CC(OCC)C(=O)NC(C)C.CCOC(CC(C)(C)C)C(=O)NC(C)C.CCOC(CC1CC1)C(=O)NC(C)C.CCOC(CC1CC1C)C(=O)NC(C)C.CCOC(CC1CCC1)C(=O)NC(C)C.CCOC(CC1CCCC1)C(=O)NC(C)C. The number of ether oxygens (including phenoxy) is 6. The molecule has 4 aliphatic carbocycles. The predicted octanol–water partition coefficient (Wildman–Crippen LogP) is 12.5. The van der Waals surface area contributed by atoms with E-state index in [1.54, 1.807) is 0 Å². The van der Waals surface area contributed by atoms with Crippen molar-refractivity contribution < 1.29 is 57.2 Å². The van der Waals surface area contributed by atoms with Gasteiger partial charge in [0.05, 0.1) is 0 Å². The Morgan fingerprint density at radius 3 is 0.854 bits per heavy atom. The van der Waals surface area contributed by atoms with Gasteiger partial charge in [-0.05, 0) is 205 Å². The van der Waals surface area contributed by atoms with Crippen LogP contribution in [-0.4, -0.2) is 148 Å². The van der Waals surface area contributed by atoms with E-state index >= 15 is 0 Å². The molecule has 8 atom stereocenters. The Morgan fingerprint density at radius 1 is 0.393 bits per heavy atom. The monoisotopic (exact) mass is 1270 g/mol. The molecular formula is C71H138N6O12. The maximum absolute atomic E-state index is 11.9. The Kier molecular flexibility index (Phi) is 49.0. The Hall–Kier alpha value is -3.68. The summed E-state index contributed by atoms with van der Waals surface area (Å²) >= 11 is 0. The highest BCUT2D eigenvalue weighted by Crippen LogP contribution is 2.42. The number of hydrogen-bond acceptors (Lipinski definition) is 12.